The lowest BCUT2D eigenvalue weighted by Crippen LogP contribution is -2.24. The van der Waals surface area contributed by atoms with E-state index in [2.05, 4.69) is 33.1 Å². The highest BCUT2D eigenvalue weighted by molar-refractivity contribution is 5.76. The molecule has 1 aromatic carbocycles. The Morgan fingerprint density at radius 2 is 2.04 bits per heavy atom. The van der Waals surface area contributed by atoms with Gasteiger partial charge in [0.15, 0.2) is 5.65 Å². The van der Waals surface area contributed by atoms with Crippen LogP contribution in [0.2, 0.25) is 0 Å². The fourth-order valence-corrected chi connectivity index (χ4v) is 3.82. The Morgan fingerprint density at radius 3 is 2.81 bits per heavy atom. The molecule has 4 rings (SSSR count). The lowest BCUT2D eigenvalue weighted by molar-refractivity contribution is -0.145. The minimum Gasteiger partial charge on any atom is -0.469 e. The molecule has 3 heterocycles. The molecule has 0 bridgehead atoms. The van der Waals surface area contributed by atoms with E-state index in [-0.39, 0.29) is 17.8 Å². The Kier molecular flexibility index (Phi) is 4.42. The van der Waals surface area contributed by atoms with Gasteiger partial charge in [0.1, 0.15) is 5.52 Å². The summed E-state index contributed by atoms with van der Waals surface area (Å²) in [5.74, 6) is -0.288. The number of carbonyl (C=O) groups excluding carboxylic acids is 1. The number of pyridine rings is 1. The van der Waals surface area contributed by atoms with Gasteiger partial charge in [0, 0.05) is 38.8 Å². The van der Waals surface area contributed by atoms with Crippen molar-refractivity contribution in [1.82, 2.24) is 19.4 Å². The van der Waals surface area contributed by atoms with Gasteiger partial charge in [-0.25, -0.2) is 9.97 Å². The van der Waals surface area contributed by atoms with Crippen LogP contribution < -0.4 is 0 Å². The van der Waals surface area contributed by atoms with Crippen molar-refractivity contribution < 1.29 is 9.53 Å². The number of aryl methyl sites for hydroxylation is 1. The van der Waals surface area contributed by atoms with Crippen LogP contribution >= 0.6 is 0 Å². The molecular formula is C20H22N4O2. The van der Waals surface area contributed by atoms with Gasteiger partial charge in [-0.1, -0.05) is 30.3 Å². The molecule has 0 aliphatic carbocycles. The summed E-state index contributed by atoms with van der Waals surface area (Å²) in [6, 6.07) is 12.4. The van der Waals surface area contributed by atoms with Gasteiger partial charge in [-0.05, 0) is 17.2 Å². The molecule has 1 aliphatic rings. The Hall–Kier alpha value is -2.73. The number of aromatic nitrogens is 3. The molecule has 134 valence electrons. The maximum absolute atomic E-state index is 12.4. The highest BCUT2D eigenvalue weighted by Gasteiger charge is 2.39. The number of nitrogens with zero attached hydrogens (tertiary/aromatic N) is 4. The van der Waals surface area contributed by atoms with Crippen molar-refractivity contribution in [3.05, 3.63) is 60.0 Å². The van der Waals surface area contributed by atoms with E-state index in [1.54, 1.807) is 6.33 Å². The number of fused-ring (bicyclic) bond motifs is 1. The minimum absolute atomic E-state index is 0.0602. The van der Waals surface area contributed by atoms with Crippen LogP contribution in [-0.2, 0) is 23.1 Å². The predicted octanol–water partition coefficient (Wildman–Crippen LogP) is 2.36. The van der Waals surface area contributed by atoms with Gasteiger partial charge < -0.3 is 9.30 Å². The lowest BCUT2D eigenvalue weighted by atomic mass is 9.90. The number of likely N-dealkylation sites (tertiary alicyclic amines) is 1. The smallest absolute Gasteiger partial charge is 0.310 e. The number of carbonyl (C=O) groups is 1. The Balaban J connectivity index is 1.61. The summed E-state index contributed by atoms with van der Waals surface area (Å²) in [5.41, 5.74) is 4.00. The van der Waals surface area contributed by atoms with Crippen molar-refractivity contribution in [2.24, 2.45) is 13.0 Å². The molecule has 2 aromatic heterocycles. The summed E-state index contributed by atoms with van der Waals surface area (Å²) in [5, 5.41) is 0. The highest BCUT2D eigenvalue weighted by atomic mass is 16.5. The van der Waals surface area contributed by atoms with Crippen molar-refractivity contribution in [1.29, 1.82) is 0 Å². The van der Waals surface area contributed by atoms with Crippen molar-refractivity contribution in [3.8, 4) is 0 Å². The average molecular weight is 350 g/mol. The van der Waals surface area contributed by atoms with Crippen molar-refractivity contribution in [2.75, 3.05) is 20.2 Å². The van der Waals surface area contributed by atoms with Gasteiger partial charge in [-0.3, -0.25) is 9.69 Å². The van der Waals surface area contributed by atoms with Crippen molar-refractivity contribution >= 4 is 17.1 Å². The maximum Gasteiger partial charge on any atom is 0.310 e. The van der Waals surface area contributed by atoms with Crippen molar-refractivity contribution in [2.45, 2.75) is 12.5 Å². The Labute approximate surface area is 152 Å². The molecule has 3 aromatic rings. The molecule has 6 heteroatoms. The van der Waals surface area contributed by atoms with Crippen LogP contribution in [0.15, 0.2) is 48.9 Å². The van der Waals surface area contributed by atoms with E-state index in [1.165, 1.54) is 12.7 Å². The van der Waals surface area contributed by atoms with E-state index in [9.17, 15) is 4.79 Å². The highest BCUT2D eigenvalue weighted by Crippen LogP contribution is 2.34. The van der Waals surface area contributed by atoms with Crippen LogP contribution in [0.3, 0.4) is 0 Å². The molecule has 0 radical (unpaired) electrons. The number of rotatable bonds is 4. The third-order valence-corrected chi connectivity index (χ3v) is 5.15. The molecule has 0 amide bonds. The number of esters is 1. The van der Waals surface area contributed by atoms with E-state index in [0.717, 1.165) is 29.8 Å². The van der Waals surface area contributed by atoms with E-state index < -0.39 is 0 Å². The molecule has 2 atom stereocenters. The molecule has 6 nitrogen and oxygen atoms in total. The zero-order valence-electron chi connectivity index (χ0n) is 15.0. The summed E-state index contributed by atoms with van der Waals surface area (Å²) >= 11 is 0. The zero-order chi connectivity index (χ0) is 18.1. The summed E-state index contributed by atoms with van der Waals surface area (Å²) < 4.78 is 6.97. The Bertz CT molecular complexity index is 922. The molecule has 0 spiro atoms. The van der Waals surface area contributed by atoms with Gasteiger partial charge in [0.25, 0.3) is 0 Å². The first kappa shape index (κ1) is 16.7. The second-order valence-corrected chi connectivity index (χ2v) is 6.88. The number of benzene rings is 1. The van der Waals surface area contributed by atoms with Gasteiger partial charge in [-0.15, -0.1) is 0 Å². The molecule has 1 aliphatic heterocycles. The van der Waals surface area contributed by atoms with Crippen LogP contribution in [0.1, 0.15) is 17.0 Å². The topological polar surface area (TPSA) is 60.2 Å². The van der Waals surface area contributed by atoms with Gasteiger partial charge in [-0.2, -0.15) is 0 Å². The minimum atomic E-state index is -0.188. The number of hydrogen-bond donors (Lipinski definition) is 0. The largest absolute Gasteiger partial charge is 0.469 e. The second-order valence-electron chi connectivity index (χ2n) is 6.88. The first-order valence-electron chi connectivity index (χ1n) is 8.77. The fourth-order valence-electron chi connectivity index (χ4n) is 3.82. The van der Waals surface area contributed by atoms with E-state index in [4.69, 9.17) is 4.74 Å². The predicted molar refractivity (Wildman–Crippen MR) is 98.5 cm³/mol. The molecule has 0 unspecified atom stereocenters. The molecule has 26 heavy (non-hydrogen) atoms. The molecular weight excluding hydrogens is 328 g/mol. The SMILES string of the molecule is COC(=O)[C@H]1CN(Cc2ccccc2)C[C@H]1c1cnc2c(c1)ncn2C. The lowest BCUT2D eigenvalue weighted by Gasteiger charge is -2.16. The second kappa shape index (κ2) is 6.88. The van der Waals surface area contributed by atoms with Crippen LogP contribution in [0, 0.1) is 5.92 Å². The quantitative estimate of drug-likeness (QED) is 0.676. The number of ether oxygens (including phenoxy) is 1. The van der Waals surface area contributed by atoms with Crippen LogP contribution in [0.4, 0.5) is 0 Å². The van der Waals surface area contributed by atoms with Crippen molar-refractivity contribution in [3.63, 3.8) is 0 Å². The number of imidazole rings is 1. The summed E-state index contributed by atoms with van der Waals surface area (Å²) in [6.07, 6.45) is 3.63. The Morgan fingerprint density at radius 1 is 1.23 bits per heavy atom. The fraction of sp³-hybridized carbons (Fsp3) is 0.350. The number of methoxy groups -OCH3 is 1. The van der Waals surface area contributed by atoms with Gasteiger partial charge >= 0.3 is 5.97 Å². The number of hydrogen-bond acceptors (Lipinski definition) is 5. The summed E-state index contributed by atoms with van der Waals surface area (Å²) in [7, 11) is 3.38. The first-order chi connectivity index (χ1) is 12.7. The van der Waals surface area contributed by atoms with Crippen LogP contribution in [0.25, 0.3) is 11.2 Å². The first-order valence-corrected chi connectivity index (χ1v) is 8.77. The monoisotopic (exact) mass is 350 g/mol. The third kappa shape index (κ3) is 3.08. The molecule has 1 saturated heterocycles. The molecule has 1 fully saturated rings. The molecule has 0 saturated carbocycles. The summed E-state index contributed by atoms with van der Waals surface area (Å²) in [4.78, 5) is 23.6. The van der Waals surface area contributed by atoms with Gasteiger partial charge in [0.05, 0.1) is 19.4 Å². The van der Waals surface area contributed by atoms with E-state index in [1.807, 2.05) is 36.0 Å². The van der Waals surface area contributed by atoms with Gasteiger partial charge in [0.2, 0.25) is 0 Å². The third-order valence-electron chi connectivity index (χ3n) is 5.15. The summed E-state index contributed by atoms with van der Waals surface area (Å²) in [6.45, 7) is 2.31. The average Bonchev–Trinajstić information content (AvgIpc) is 3.25. The van der Waals surface area contributed by atoms with Crippen LogP contribution in [0.5, 0.6) is 0 Å². The van der Waals surface area contributed by atoms with E-state index >= 15 is 0 Å². The van der Waals surface area contributed by atoms with E-state index in [0.29, 0.717) is 6.54 Å². The normalized spacial score (nSPS) is 20.5. The molecule has 0 N–H and O–H groups in total. The zero-order valence-corrected chi connectivity index (χ0v) is 15.0. The standard InChI is InChI=1S/C20H22N4O2/c1-23-13-22-18-8-15(9-21-19(18)23)16-11-24(12-17(16)20(25)26-2)10-14-6-4-3-5-7-14/h3-9,13,16-17H,10-12H2,1-2H3/t16-,17-/m0/s1. The maximum atomic E-state index is 12.4. The van der Waals surface area contributed by atoms with Crippen LogP contribution in [-0.4, -0.2) is 45.6 Å².